The predicted octanol–water partition coefficient (Wildman–Crippen LogP) is 4.66. The third-order valence-electron chi connectivity index (χ3n) is 5.84. The molecule has 0 bridgehead atoms. The first-order chi connectivity index (χ1) is 14.8. The maximum atomic E-state index is 13.4. The van der Waals surface area contributed by atoms with E-state index in [1.807, 2.05) is 41.3 Å². The fourth-order valence-corrected chi connectivity index (χ4v) is 5.17. The van der Waals surface area contributed by atoms with Gasteiger partial charge in [0.05, 0.1) is 6.54 Å². The van der Waals surface area contributed by atoms with Crippen molar-refractivity contribution in [1.82, 2.24) is 19.7 Å². The van der Waals surface area contributed by atoms with Crippen LogP contribution in [0.5, 0.6) is 0 Å². The lowest BCUT2D eigenvalue weighted by molar-refractivity contribution is -0.129. The minimum atomic E-state index is -0.296. The summed E-state index contributed by atoms with van der Waals surface area (Å²) in [6.45, 7) is 2.45. The van der Waals surface area contributed by atoms with E-state index in [1.54, 1.807) is 11.8 Å². The number of benzene rings is 2. The molecule has 5 nitrogen and oxygen atoms in total. The second kappa shape index (κ2) is 8.64. The first-order valence-electron chi connectivity index (χ1n) is 10.8. The summed E-state index contributed by atoms with van der Waals surface area (Å²) in [4.78, 5) is 15.4. The average Bonchev–Trinajstić information content (AvgIpc) is 3.33. The van der Waals surface area contributed by atoms with Gasteiger partial charge in [0.15, 0.2) is 5.16 Å². The van der Waals surface area contributed by atoms with Gasteiger partial charge < -0.3 is 9.47 Å². The first-order valence-corrected chi connectivity index (χ1v) is 11.6. The lowest BCUT2D eigenvalue weighted by Gasteiger charge is -2.23. The largest absolute Gasteiger partial charge is 0.341 e. The highest BCUT2D eigenvalue weighted by Gasteiger charge is 2.34. The number of carbonyl (C=O) groups is 1. The summed E-state index contributed by atoms with van der Waals surface area (Å²) in [7, 11) is 0. The van der Waals surface area contributed by atoms with Gasteiger partial charge >= 0.3 is 0 Å². The van der Waals surface area contributed by atoms with Crippen molar-refractivity contribution >= 4 is 17.7 Å². The van der Waals surface area contributed by atoms with E-state index < -0.39 is 0 Å². The van der Waals surface area contributed by atoms with Crippen LogP contribution in [-0.4, -0.2) is 38.7 Å². The monoisotopic (exact) mass is 418 g/mol. The summed E-state index contributed by atoms with van der Waals surface area (Å²) in [6, 6.07) is 20.5. The average molecular weight is 419 g/mol. The van der Waals surface area contributed by atoms with Crippen molar-refractivity contribution in [2.75, 3.05) is 13.1 Å². The van der Waals surface area contributed by atoms with Crippen LogP contribution in [0.1, 0.15) is 53.8 Å². The molecular formula is C24H26N4OS. The summed E-state index contributed by atoms with van der Waals surface area (Å²) in [5.41, 5.74) is 2.25. The van der Waals surface area contributed by atoms with Crippen molar-refractivity contribution < 1.29 is 4.79 Å². The van der Waals surface area contributed by atoms with Crippen molar-refractivity contribution in [3.8, 4) is 0 Å². The zero-order valence-electron chi connectivity index (χ0n) is 17.0. The molecule has 1 aliphatic heterocycles. The lowest BCUT2D eigenvalue weighted by Crippen LogP contribution is -2.31. The molecule has 1 saturated heterocycles. The Balaban J connectivity index is 1.47. The molecule has 0 radical (unpaired) electrons. The molecule has 0 N–H and O–H groups in total. The number of amides is 1. The Kier molecular flexibility index (Phi) is 5.58. The number of carbonyl (C=O) groups excluding carboxylic acids is 1. The van der Waals surface area contributed by atoms with Crippen LogP contribution in [0, 0.1) is 0 Å². The van der Waals surface area contributed by atoms with Crippen LogP contribution < -0.4 is 0 Å². The van der Waals surface area contributed by atoms with E-state index in [0.29, 0.717) is 5.92 Å². The van der Waals surface area contributed by atoms with Gasteiger partial charge in [-0.05, 0) is 36.8 Å². The Morgan fingerprint density at radius 3 is 2.30 bits per heavy atom. The lowest BCUT2D eigenvalue weighted by atomic mass is 10.1. The highest BCUT2D eigenvalue weighted by Crippen LogP contribution is 2.42. The third kappa shape index (κ3) is 4.15. The summed E-state index contributed by atoms with van der Waals surface area (Å²) in [6.07, 6.45) is 4.53. The SMILES string of the molecule is O=C([C@@H](Sc1nnc(C2CC2)n1Cc1ccccc1)c1ccccc1)N1CCCC1. The minimum Gasteiger partial charge on any atom is -0.341 e. The molecule has 2 fully saturated rings. The van der Waals surface area contributed by atoms with Crippen molar-refractivity contribution in [3.63, 3.8) is 0 Å². The van der Waals surface area contributed by atoms with Crippen LogP contribution in [-0.2, 0) is 11.3 Å². The van der Waals surface area contributed by atoms with Crippen LogP contribution in [0.4, 0.5) is 0 Å². The zero-order valence-corrected chi connectivity index (χ0v) is 17.8. The van der Waals surface area contributed by atoms with Gasteiger partial charge in [-0.25, -0.2) is 0 Å². The van der Waals surface area contributed by atoms with E-state index in [9.17, 15) is 4.79 Å². The van der Waals surface area contributed by atoms with Crippen molar-refractivity contribution in [3.05, 3.63) is 77.6 Å². The van der Waals surface area contributed by atoms with Crippen LogP contribution in [0.25, 0.3) is 0 Å². The van der Waals surface area contributed by atoms with E-state index in [0.717, 1.165) is 49.0 Å². The Morgan fingerprint density at radius 1 is 0.967 bits per heavy atom. The second-order valence-electron chi connectivity index (χ2n) is 8.13. The van der Waals surface area contributed by atoms with Gasteiger partial charge in [-0.15, -0.1) is 10.2 Å². The molecular weight excluding hydrogens is 392 g/mol. The van der Waals surface area contributed by atoms with E-state index in [-0.39, 0.29) is 11.2 Å². The fraction of sp³-hybridized carbons (Fsp3) is 0.375. The summed E-state index contributed by atoms with van der Waals surface area (Å²) >= 11 is 1.55. The number of aromatic nitrogens is 3. The molecule has 6 heteroatoms. The van der Waals surface area contributed by atoms with Gasteiger partial charge in [0.1, 0.15) is 11.1 Å². The molecule has 3 aromatic rings. The predicted molar refractivity (Wildman–Crippen MR) is 118 cm³/mol. The Labute approximate surface area is 181 Å². The molecule has 154 valence electrons. The third-order valence-corrected chi connectivity index (χ3v) is 7.06. The molecule has 1 atom stereocenters. The zero-order chi connectivity index (χ0) is 20.3. The second-order valence-corrected chi connectivity index (χ2v) is 9.20. The van der Waals surface area contributed by atoms with Crippen LogP contribution >= 0.6 is 11.8 Å². The summed E-state index contributed by atoms with van der Waals surface area (Å²) < 4.78 is 2.23. The topological polar surface area (TPSA) is 51.0 Å². The maximum Gasteiger partial charge on any atom is 0.240 e. The molecule has 2 aliphatic rings. The van der Waals surface area contributed by atoms with E-state index in [4.69, 9.17) is 0 Å². The van der Waals surface area contributed by atoms with E-state index >= 15 is 0 Å². The van der Waals surface area contributed by atoms with Gasteiger partial charge in [-0.2, -0.15) is 0 Å². The molecule has 2 aromatic carbocycles. The molecule has 1 aliphatic carbocycles. The minimum absolute atomic E-state index is 0.186. The summed E-state index contributed by atoms with van der Waals surface area (Å²) in [5, 5.41) is 9.64. The molecule has 30 heavy (non-hydrogen) atoms. The quantitative estimate of drug-likeness (QED) is 0.524. The van der Waals surface area contributed by atoms with Crippen LogP contribution in [0.2, 0.25) is 0 Å². The molecule has 2 heterocycles. The molecule has 0 unspecified atom stereocenters. The number of nitrogens with zero attached hydrogens (tertiary/aromatic N) is 4. The number of thioether (sulfide) groups is 1. The van der Waals surface area contributed by atoms with Crippen LogP contribution in [0.3, 0.4) is 0 Å². The van der Waals surface area contributed by atoms with E-state index in [2.05, 4.69) is 39.0 Å². The van der Waals surface area contributed by atoms with Crippen molar-refractivity contribution in [1.29, 1.82) is 0 Å². The highest BCUT2D eigenvalue weighted by atomic mass is 32.2. The Bertz CT molecular complexity index is 995. The normalized spacial score (nSPS) is 17.3. The number of hydrogen-bond acceptors (Lipinski definition) is 4. The van der Waals surface area contributed by atoms with Crippen molar-refractivity contribution in [2.45, 2.75) is 48.6 Å². The van der Waals surface area contributed by atoms with Gasteiger partial charge in [0, 0.05) is 19.0 Å². The highest BCUT2D eigenvalue weighted by molar-refractivity contribution is 8.00. The Hall–Kier alpha value is -2.60. The number of hydrogen-bond donors (Lipinski definition) is 0. The Morgan fingerprint density at radius 2 is 1.63 bits per heavy atom. The molecule has 1 aromatic heterocycles. The maximum absolute atomic E-state index is 13.4. The van der Waals surface area contributed by atoms with Crippen molar-refractivity contribution in [2.24, 2.45) is 0 Å². The molecule has 1 amide bonds. The fourth-order valence-electron chi connectivity index (χ4n) is 4.04. The first kappa shape index (κ1) is 19.4. The molecule has 0 spiro atoms. The van der Waals surface area contributed by atoms with Gasteiger partial charge in [0.25, 0.3) is 0 Å². The van der Waals surface area contributed by atoms with E-state index in [1.165, 1.54) is 18.4 Å². The van der Waals surface area contributed by atoms with Gasteiger partial charge in [-0.1, -0.05) is 72.4 Å². The van der Waals surface area contributed by atoms with Crippen LogP contribution in [0.15, 0.2) is 65.8 Å². The van der Waals surface area contributed by atoms with Gasteiger partial charge in [-0.3, -0.25) is 4.79 Å². The van der Waals surface area contributed by atoms with Gasteiger partial charge in [0.2, 0.25) is 5.91 Å². The summed E-state index contributed by atoms with van der Waals surface area (Å²) in [5.74, 6) is 1.74. The molecule has 1 saturated carbocycles. The molecule has 5 rings (SSSR count). The number of rotatable bonds is 7. The standard InChI is InChI=1S/C24H26N4OS/c29-23(27-15-7-8-16-27)21(19-11-5-2-6-12-19)30-24-26-25-22(20-13-14-20)28(24)17-18-9-3-1-4-10-18/h1-6,9-12,20-21H,7-8,13-17H2/t21-/m0/s1. The smallest absolute Gasteiger partial charge is 0.240 e. The number of likely N-dealkylation sites (tertiary alicyclic amines) is 1.